The first-order valence-electron chi connectivity index (χ1n) is 8.28. The summed E-state index contributed by atoms with van der Waals surface area (Å²) in [6.45, 7) is 2.98. The van der Waals surface area contributed by atoms with E-state index in [1.54, 1.807) is 6.26 Å². The number of hydrogen-bond donors (Lipinski definition) is 1. The van der Waals surface area contributed by atoms with Gasteiger partial charge in [-0.05, 0) is 36.9 Å². The van der Waals surface area contributed by atoms with Gasteiger partial charge in [0.2, 0.25) is 0 Å². The van der Waals surface area contributed by atoms with Crippen molar-refractivity contribution >= 4 is 0 Å². The fourth-order valence-electron chi connectivity index (χ4n) is 3.73. The fourth-order valence-corrected chi connectivity index (χ4v) is 3.73. The fraction of sp³-hybridized carbons (Fsp3) is 0.765. The third kappa shape index (κ3) is 3.64. The summed E-state index contributed by atoms with van der Waals surface area (Å²) in [4.78, 5) is 0. The van der Waals surface area contributed by atoms with Gasteiger partial charge < -0.3 is 14.5 Å². The summed E-state index contributed by atoms with van der Waals surface area (Å²) in [5, 5.41) is 3.46. The Hall–Kier alpha value is -0.800. The van der Waals surface area contributed by atoms with Crippen LogP contribution in [0.5, 0.6) is 0 Å². The van der Waals surface area contributed by atoms with Crippen LogP contribution in [0.25, 0.3) is 0 Å². The summed E-state index contributed by atoms with van der Waals surface area (Å²) >= 11 is 0. The van der Waals surface area contributed by atoms with E-state index in [4.69, 9.17) is 9.15 Å². The van der Waals surface area contributed by atoms with E-state index in [1.807, 2.05) is 6.26 Å². The average molecular weight is 277 g/mol. The van der Waals surface area contributed by atoms with E-state index in [-0.39, 0.29) is 0 Å². The van der Waals surface area contributed by atoms with E-state index >= 15 is 0 Å². The summed E-state index contributed by atoms with van der Waals surface area (Å²) in [6.07, 6.45) is 13.5. The monoisotopic (exact) mass is 277 g/mol. The Morgan fingerprint density at radius 2 is 2.10 bits per heavy atom. The van der Waals surface area contributed by atoms with Crippen molar-refractivity contribution < 1.29 is 9.15 Å². The normalized spacial score (nSPS) is 28.6. The Bertz CT molecular complexity index is 370. The highest BCUT2D eigenvalue weighted by Crippen LogP contribution is 2.30. The number of ether oxygens (including phenoxy) is 1. The van der Waals surface area contributed by atoms with Crippen LogP contribution in [-0.4, -0.2) is 25.8 Å². The van der Waals surface area contributed by atoms with Gasteiger partial charge in [0.1, 0.15) is 0 Å². The summed E-state index contributed by atoms with van der Waals surface area (Å²) in [5.74, 6) is 1.41. The predicted octanol–water partition coefficient (Wildman–Crippen LogP) is 3.71. The van der Waals surface area contributed by atoms with Gasteiger partial charge >= 0.3 is 0 Å². The molecule has 3 heteroatoms. The number of rotatable bonds is 5. The largest absolute Gasteiger partial charge is 0.472 e. The molecule has 1 aromatic rings. The molecule has 112 valence electrons. The quantitative estimate of drug-likeness (QED) is 0.891. The van der Waals surface area contributed by atoms with Crippen LogP contribution in [0.3, 0.4) is 0 Å². The van der Waals surface area contributed by atoms with Crippen molar-refractivity contribution in [3.63, 3.8) is 0 Å². The van der Waals surface area contributed by atoms with Gasteiger partial charge in [-0.1, -0.05) is 32.1 Å². The second kappa shape index (κ2) is 7.28. The molecule has 1 saturated carbocycles. The Morgan fingerprint density at radius 3 is 2.90 bits per heavy atom. The van der Waals surface area contributed by atoms with Crippen molar-refractivity contribution in [1.82, 2.24) is 5.32 Å². The number of hydrogen-bond acceptors (Lipinski definition) is 3. The maximum absolute atomic E-state index is 6.22. The zero-order valence-electron chi connectivity index (χ0n) is 12.4. The van der Waals surface area contributed by atoms with Crippen LogP contribution in [0.15, 0.2) is 23.0 Å². The molecule has 2 heterocycles. The molecule has 3 rings (SSSR count). The summed E-state index contributed by atoms with van der Waals surface area (Å²) in [7, 11) is 0. The Balaban J connectivity index is 1.47. The first kappa shape index (κ1) is 14.2. The van der Waals surface area contributed by atoms with Gasteiger partial charge in [0.05, 0.1) is 18.6 Å². The van der Waals surface area contributed by atoms with Crippen LogP contribution < -0.4 is 5.32 Å². The smallest absolute Gasteiger partial charge is 0.0938 e. The maximum atomic E-state index is 6.22. The van der Waals surface area contributed by atoms with Gasteiger partial charge in [-0.3, -0.25) is 0 Å². The summed E-state index contributed by atoms with van der Waals surface area (Å²) in [5.41, 5.74) is 1.30. The Labute approximate surface area is 122 Å². The van der Waals surface area contributed by atoms with E-state index in [1.165, 1.54) is 44.1 Å². The predicted molar refractivity (Wildman–Crippen MR) is 79.9 cm³/mol. The molecule has 0 radical (unpaired) electrons. The van der Waals surface area contributed by atoms with Gasteiger partial charge in [0, 0.05) is 19.1 Å². The molecule has 20 heavy (non-hydrogen) atoms. The van der Waals surface area contributed by atoms with E-state index in [0.717, 1.165) is 32.0 Å². The van der Waals surface area contributed by atoms with Crippen LogP contribution in [0.2, 0.25) is 0 Å². The molecular weight excluding hydrogens is 250 g/mol. The van der Waals surface area contributed by atoms with E-state index in [0.29, 0.717) is 12.0 Å². The molecule has 2 atom stereocenters. The topological polar surface area (TPSA) is 34.4 Å². The van der Waals surface area contributed by atoms with E-state index in [2.05, 4.69) is 11.4 Å². The second-order valence-corrected chi connectivity index (χ2v) is 6.36. The zero-order valence-corrected chi connectivity index (χ0v) is 12.4. The number of nitrogens with one attached hydrogen (secondary N) is 1. The molecule has 1 aromatic heterocycles. The van der Waals surface area contributed by atoms with Crippen LogP contribution in [0, 0.1) is 5.92 Å². The van der Waals surface area contributed by atoms with Gasteiger partial charge in [-0.2, -0.15) is 0 Å². The lowest BCUT2D eigenvalue weighted by molar-refractivity contribution is 0.0130. The number of piperidine rings is 1. The Morgan fingerprint density at radius 1 is 1.20 bits per heavy atom. The average Bonchev–Trinajstić information content (AvgIpc) is 3.03. The number of furan rings is 1. The van der Waals surface area contributed by atoms with Crippen molar-refractivity contribution in [2.45, 2.75) is 57.0 Å². The highest BCUT2D eigenvalue weighted by molar-refractivity contribution is 5.15. The molecule has 1 aliphatic heterocycles. The third-order valence-electron chi connectivity index (χ3n) is 4.98. The molecule has 3 nitrogen and oxygen atoms in total. The van der Waals surface area contributed by atoms with Gasteiger partial charge in [0.15, 0.2) is 0 Å². The molecule has 0 amide bonds. The molecule has 1 saturated heterocycles. The van der Waals surface area contributed by atoms with Gasteiger partial charge in [-0.15, -0.1) is 0 Å². The van der Waals surface area contributed by atoms with E-state index in [9.17, 15) is 0 Å². The Kier molecular flexibility index (Phi) is 5.15. The first-order valence-corrected chi connectivity index (χ1v) is 8.28. The molecule has 1 aliphatic carbocycles. The summed E-state index contributed by atoms with van der Waals surface area (Å²) < 4.78 is 11.5. The second-order valence-electron chi connectivity index (χ2n) is 6.36. The standard InChI is InChI=1S/C17H27NO2/c1-2-4-14(5-3-1)7-11-20-17-12-18-9-6-16(17)15-8-10-19-13-15/h8,10,13-14,16-18H,1-7,9,11-12H2/t16-,17-/m0/s1. The molecule has 1 N–H and O–H groups in total. The molecule has 2 fully saturated rings. The molecular formula is C17H27NO2. The molecule has 0 spiro atoms. The minimum Gasteiger partial charge on any atom is -0.472 e. The lowest BCUT2D eigenvalue weighted by Gasteiger charge is -2.32. The zero-order chi connectivity index (χ0) is 13.6. The van der Waals surface area contributed by atoms with Gasteiger partial charge in [0.25, 0.3) is 0 Å². The maximum Gasteiger partial charge on any atom is 0.0938 e. The van der Waals surface area contributed by atoms with Crippen molar-refractivity contribution in [2.24, 2.45) is 5.92 Å². The highest BCUT2D eigenvalue weighted by Gasteiger charge is 2.28. The van der Waals surface area contributed by atoms with Crippen LogP contribution in [-0.2, 0) is 4.74 Å². The van der Waals surface area contributed by atoms with Crippen molar-refractivity contribution in [1.29, 1.82) is 0 Å². The highest BCUT2D eigenvalue weighted by atomic mass is 16.5. The van der Waals surface area contributed by atoms with Crippen molar-refractivity contribution in [2.75, 3.05) is 19.7 Å². The lowest BCUT2D eigenvalue weighted by Crippen LogP contribution is -2.41. The third-order valence-corrected chi connectivity index (χ3v) is 4.98. The molecule has 0 unspecified atom stereocenters. The SMILES string of the molecule is c1cc([C@@H]2CCNC[C@@H]2OCCC2CCCCC2)co1. The van der Waals surface area contributed by atoms with Crippen molar-refractivity contribution in [3.05, 3.63) is 24.2 Å². The van der Waals surface area contributed by atoms with Crippen LogP contribution in [0.1, 0.15) is 56.4 Å². The van der Waals surface area contributed by atoms with Crippen LogP contribution >= 0.6 is 0 Å². The van der Waals surface area contributed by atoms with Crippen molar-refractivity contribution in [3.8, 4) is 0 Å². The van der Waals surface area contributed by atoms with Gasteiger partial charge in [-0.25, -0.2) is 0 Å². The minimum absolute atomic E-state index is 0.310. The lowest BCUT2D eigenvalue weighted by atomic mass is 9.87. The van der Waals surface area contributed by atoms with Crippen LogP contribution in [0.4, 0.5) is 0 Å². The molecule has 0 aromatic carbocycles. The molecule has 0 bridgehead atoms. The molecule has 2 aliphatic rings. The van der Waals surface area contributed by atoms with E-state index < -0.39 is 0 Å². The summed E-state index contributed by atoms with van der Waals surface area (Å²) in [6, 6.07) is 2.09. The minimum atomic E-state index is 0.310. The first-order chi connectivity index (χ1) is 9.93.